The predicted octanol–water partition coefficient (Wildman–Crippen LogP) is 2.53. The molecule has 3 heteroatoms. The molecule has 0 radical (unpaired) electrons. The third kappa shape index (κ3) is 1.44. The molecule has 0 aromatic heterocycles. The second kappa shape index (κ2) is 3.81. The Kier molecular flexibility index (Phi) is 2.27. The largest absolute Gasteiger partial charge is 0.475 e. The van der Waals surface area contributed by atoms with Gasteiger partial charge in [0.1, 0.15) is 0 Å². The number of carbonyl (C=O) groups is 2. The zero-order chi connectivity index (χ0) is 12.7. The van der Waals surface area contributed by atoms with E-state index in [0.717, 1.165) is 22.3 Å². The molecule has 0 saturated heterocycles. The summed E-state index contributed by atoms with van der Waals surface area (Å²) in [6.07, 6.45) is 0.626. The van der Waals surface area contributed by atoms with Crippen molar-refractivity contribution in [3.8, 4) is 11.1 Å². The van der Waals surface area contributed by atoms with E-state index in [2.05, 4.69) is 0 Å². The van der Waals surface area contributed by atoms with Crippen LogP contribution in [-0.4, -0.2) is 16.9 Å². The van der Waals surface area contributed by atoms with E-state index in [9.17, 15) is 9.59 Å². The lowest BCUT2D eigenvalue weighted by Gasteiger charge is -2.04. The monoisotopic (exact) mass is 238 g/mol. The molecule has 0 saturated carbocycles. The summed E-state index contributed by atoms with van der Waals surface area (Å²) >= 11 is 0. The van der Waals surface area contributed by atoms with Gasteiger partial charge in [0.05, 0.1) is 0 Å². The Morgan fingerprint density at radius 3 is 2.44 bits per heavy atom. The Bertz CT molecular complexity index is 671. The lowest BCUT2D eigenvalue weighted by molar-refractivity contribution is -0.131. The van der Waals surface area contributed by atoms with E-state index in [-0.39, 0.29) is 0 Å². The molecule has 0 atom stereocenters. The van der Waals surface area contributed by atoms with Gasteiger partial charge >= 0.3 is 5.97 Å². The maximum absolute atomic E-state index is 11.7. The van der Waals surface area contributed by atoms with Gasteiger partial charge in [0, 0.05) is 5.56 Å². The molecule has 0 fully saturated rings. The number of fused-ring (bicyclic) bond motifs is 3. The van der Waals surface area contributed by atoms with Crippen LogP contribution in [0, 0.1) is 0 Å². The summed E-state index contributed by atoms with van der Waals surface area (Å²) in [5.41, 5.74) is 4.32. The van der Waals surface area contributed by atoms with Crippen LogP contribution in [0.4, 0.5) is 0 Å². The van der Waals surface area contributed by atoms with Crippen molar-refractivity contribution < 1.29 is 14.7 Å². The molecule has 1 aliphatic carbocycles. The quantitative estimate of drug-likeness (QED) is 0.551. The van der Waals surface area contributed by atoms with E-state index in [4.69, 9.17) is 5.11 Å². The topological polar surface area (TPSA) is 54.4 Å². The number of ketones is 1. The van der Waals surface area contributed by atoms with Gasteiger partial charge in [0.2, 0.25) is 0 Å². The van der Waals surface area contributed by atoms with E-state index < -0.39 is 11.8 Å². The summed E-state index contributed by atoms with van der Waals surface area (Å²) in [6.45, 7) is 0. The van der Waals surface area contributed by atoms with Gasteiger partial charge in [0.15, 0.2) is 0 Å². The van der Waals surface area contributed by atoms with Crippen molar-refractivity contribution in [2.45, 2.75) is 6.42 Å². The van der Waals surface area contributed by atoms with Crippen LogP contribution in [0.1, 0.15) is 21.5 Å². The number of aliphatic carboxylic acids is 1. The van der Waals surface area contributed by atoms with Crippen molar-refractivity contribution in [3.63, 3.8) is 0 Å². The number of hydrogen-bond donors (Lipinski definition) is 1. The molecule has 1 N–H and O–H groups in total. The van der Waals surface area contributed by atoms with E-state index in [1.54, 1.807) is 12.1 Å². The Balaban J connectivity index is 2.20. The van der Waals surface area contributed by atoms with Gasteiger partial charge in [-0.25, -0.2) is 4.79 Å². The Morgan fingerprint density at radius 1 is 0.944 bits per heavy atom. The van der Waals surface area contributed by atoms with Gasteiger partial charge in [-0.1, -0.05) is 42.5 Å². The number of hydrogen-bond acceptors (Lipinski definition) is 2. The summed E-state index contributed by atoms with van der Waals surface area (Å²) in [4.78, 5) is 22.5. The standard InChI is InChI=1S/C15H10O3/c16-14(15(17)18)12-7-3-6-11-10-5-2-1-4-9(10)8-13(11)12/h1-7H,8H2,(H,17,18). The summed E-state index contributed by atoms with van der Waals surface area (Å²) in [6, 6.07) is 13.1. The van der Waals surface area contributed by atoms with Crippen molar-refractivity contribution in [2.24, 2.45) is 0 Å². The molecule has 0 aliphatic heterocycles. The van der Waals surface area contributed by atoms with Crippen molar-refractivity contribution >= 4 is 11.8 Å². The minimum Gasteiger partial charge on any atom is -0.475 e. The molecule has 2 aromatic rings. The SMILES string of the molecule is O=C(O)C(=O)c1cccc2c1Cc1ccccc1-2. The molecule has 88 valence electrons. The maximum Gasteiger partial charge on any atom is 0.377 e. The first-order chi connectivity index (χ1) is 8.68. The molecule has 0 bridgehead atoms. The van der Waals surface area contributed by atoms with Gasteiger partial charge in [-0.2, -0.15) is 0 Å². The van der Waals surface area contributed by atoms with Crippen LogP contribution in [0.3, 0.4) is 0 Å². The van der Waals surface area contributed by atoms with Gasteiger partial charge in [-0.05, 0) is 28.7 Å². The lowest BCUT2D eigenvalue weighted by atomic mass is 9.98. The third-order valence-corrected chi connectivity index (χ3v) is 3.29. The van der Waals surface area contributed by atoms with Crippen molar-refractivity contribution in [2.75, 3.05) is 0 Å². The average molecular weight is 238 g/mol. The van der Waals surface area contributed by atoms with Gasteiger partial charge in [0.25, 0.3) is 5.78 Å². The summed E-state index contributed by atoms with van der Waals surface area (Å²) < 4.78 is 0. The Morgan fingerprint density at radius 2 is 1.67 bits per heavy atom. The van der Waals surface area contributed by atoms with Gasteiger partial charge in [-0.3, -0.25) is 4.79 Å². The van der Waals surface area contributed by atoms with Crippen molar-refractivity contribution in [3.05, 3.63) is 59.2 Å². The van der Waals surface area contributed by atoms with Gasteiger partial charge in [-0.15, -0.1) is 0 Å². The fourth-order valence-electron chi connectivity index (χ4n) is 2.49. The molecule has 3 rings (SSSR count). The van der Waals surface area contributed by atoms with Crippen LogP contribution < -0.4 is 0 Å². The van der Waals surface area contributed by atoms with Crippen LogP contribution in [0.15, 0.2) is 42.5 Å². The van der Waals surface area contributed by atoms with Crippen LogP contribution in [-0.2, 0) is 11.2 Å². The number of carboxylic acids is 1. The number of carbonyl (C=O) groups excluding carboxylic acids is 1. The van der Waals surface area contributed by atoms with Crippen LogP contribution in [0.2, 0.25) is 0 Å². The number of benzene rings is 2. The minimum absolute atomic E-state index is 0.302. The highest BCUT2D eigenvalue weighted by atomic mass is 16.4. The number of Topliss-reactive ketones (excluding diaryl/α,β-unsaturated/α-hetero) is 1. The highest BCUT2D eigenvalue weighted by Gasteiger charge is 2.25. The van der Waals surface area contributed by atoms with E-state index in [1.807, 2.05) is 30.3 Å². The molecule has 0 amide bonds. The Hall–Kier alpha value is -2.42. The van der Waals surface area contributed by atoms with Crippen LogP contribution in [0.25, 0.3) is 11.1 Å². The fourth-order valence-corrected chi connectivity index (χ4v) is 2.49. The number of carboxylic acid groups (broad SMARTS) is 1. The third-order valence-electron chi connectivity index (χ3n) is 3.29. The molecular weight excluding hydrogens is 228 g/mol. The first-order valence-corrected chi connectivity index (χ1v) is 5.66. The molecule has 18 heavy (non-hydrogen) atoms. The lowest BCUT2D eigenvalue weighted by Crippen LogP contribution is -2.14. The molecule has 0 heterocycles. The normalized spacial score (nSPS) is 11.8. The molecule has 1 aliphatic rings. The number of rotatable bonds is 2. The highest BCUT2D eigenvalue weighted by molar-refractivity contribution is 6.40. The zero-order valence-corrected chi connectivity index (χ0v) is 9.51. The van der Waals surface area contributed by atoms with E-state index in [0.29, 0.717) is 12.0 Å². The van der Waals surface area contributed by atoms with E-state index in [1.165, 1.54) is 0 Å². The Labute approximate surface area is 104 Å². The second-order valence-electron chi connectivity index (χ2n) is 4.30. The predicted molar refractivity (Wildman–Crippen MR) is 66.7 cm³/mol. The van der Waals surface area contributed by atoms with Crippen LogP contribution in [0.5, 0.6) is 0 Å². The smallest absolute Gasteiger partial charge is 0.377 e. The van der Waals surface area contributed by atoms with Gasteiger partial charge < -0.3 is 5.11 Å². The van der Waals surface area contributed by atoms with Crippen molar-refractivity contribution in [1.29, 1.82) is 0 Å². The maximum atomic E-state index is 11.7. The first kappa shape index (κ1) is 10.7. The fraction of sp³-hybridized carbons (Fsp3) is 0.0667. The summed E-state index contributed by atoms with van der Waals surface area (Å²) in [5, 5.41) is 8.83. The minimum atomic E-state index is -1.40. The highest BCUT2D eigenvalue weighted by Crippen LogP contribution is 2.38. The molecule has 0 spiro atoms. The van der Waals surface area contributed by atoms with Crippen LogP contribution >= 0.6 is 0 Å². The first-order valence-electron chi connectivity index (χ1n) is 5.66. The summed E-state index contributed by atoms with van der Waals surface area (Å²) in [7, 11) is 0. The van der Waals surface area contributed by atoms with E-state index >= 15 is 0 Å². The average Bonchev–Trinajstić information content (AvgIpc) is 2.76. The molecular formula is C15H10O3. The second-order valence-corrected chi connectivity index (χ2v) is 4.30. The molecule has 3 nitrogen and oxygen atoms in total. The molecule has 0 unspecified atom stereocenters. The molecule has 2 aromatic carbocycles. The summed E-state index contributed by atoms with van der Waals surface area (Å²) in [5.74, 6) is -2.24. The zero-order valence-electron chi connectivity index (χ0n) is 9.51. The van der Waals surface area contributed by atoms with Crippen molar-refractivity contribution in [1.82, 2.24) is 0 Å².